The highest BCUT2D eigenvalue weighted by Crippen LogP contribution is 2.41. The zero-order chi connectivity index (χ0) is 19.7. The fourth-order valence-electron chi connectivity index (χ4n) is 4.31. The van der Waals surface area contributed by atoms with Crippen LogP contribution in [0.3, 0.4) is 0 Å². The highest BCUT2D eigenvalue weighted by molar-refractivity contribution is 5.81. The molecule has 0 aromatic heterocycles. The molecule has 0 unspecified atom stereocenters. The zero-order valence-electron chi connectivity index (χ0n) is 16.0. The number of nitrogens with one attached hydrogen (secondary N) is 1. The summed E-state index contributed by atoms with van der Waals surface area (Å²) < 4.78 is 0. The molecule has 0 spiro atoms. The minimum Gasteiger partial charge on any atom is -0.394 e. The van der Waals surface area contributed by atoms with E-state index in [1.807, 2.05) is 18.2 Å². The predicted molar refractivity (Wildman–Crippen MR) is 108 cm³/mol. The maximum absolute atomic E-state index is 12.1. The first-order valence-electron chi connectivity index (χ1n) is 9.93. The summed E-state index contributed by atoms with van der Waals surface area (Å²) >= 11 is 0. The molecule has 2 amide bonds. The Morgan fingerprint density at radius 2 is 1.64 bits per heavy atom. The predicted octanol–water partition coefficient (Wildman–Crippen LogP) is 2.56. The van der Waals surface area contributed by atoms with E-state index >= 15 is 0 Å². The first-order chi connectivity index (χ1) is 13.6. The van der Waals surface area contributed by atoms with Crippen molar-refractivity contribution < 1.29 is 14.7 Å². The van der Waals surface area contributed by atoms with E-state index < -0.39 is 0 Å². The van der Waals surface area contributed by atoms with Crippen LogP contribution >= 0.6 is 0 Å². The highest BCUT2D eigenvalue weighted by atomic mass is 16.3. The molecular weight excluding hydrogens is 352 g/mol. The first-order valence-corrected chi connectivity index (χ1v) is 9.93. The van der Waals surface area contributed by atoms with Gasteiger partial charge in [0.15, 0.2) is 0 Å². The van der Waals surface area contributed by atoms with E-state index in [4.69, 9.17) is 0 Å². The molecule has 2 aromatic carbocycles. The molecule has 146 valence electrons. The Balaban J connectivity index is 1.54. The molecule has 0 bridgehead atoms. The van der Waals surface area contributed by atoms with Gasteiger partial charge < -0.3 is 15.3 Å². The molecule has 1 heterocycles. The van der Waals surface area contributed by atoms with Crippen LogP contribution in [0.1, 0.15) is 31.2 Å². The average Bonchev–Trinajstić information content (AvgIpc) is 3.53. The number of carbonyl (C=O) groups is 2. The minimum absolute atomic E-state index is 0.0122. The maximum atomic E-state index is 12.1. The van der Waals surface area contributed by atoms with Crippen LogP contribution in [0.2, 0.25) is 0 Å². The fraction of sp³-hybridized carbons (Fsp3) is 0.391. The summed E-state index contributed by atoms with van der Waals surface area (Å²) in [7, 11) is 0. The lowest BCUT2D eigenvalue weighted by molar-refractivity contribution is -0.148. The summed E-state index contributed by atoms with van der Waals surface area (Å²) in [4.78, 5) is 25.9. The largest absolute Gasteiger partial charge is 0.394 e. The van der Waals surface area contributed by atoms with Crippen molar-refractivity contribution in [1.82, 2.24) is 10.2 Å². The van der Waals surface area contributed by atoms with Gasteiger partial charge in [-0.2, -0.15) is 0 Å². The van der Waals surface area contributed by atoms with Crippen LogP contribution in [0.4, 0.5) is 0 Å². The van der Waals surface area contributed by atoms with Crippen molar-refractivity contribution in [3.8, 4) is 11.1 Å². The van der Waals surface area contributed by atoms with Crippen molar-refractivity contribution in [1.29, 1.82) is 0 Å². The van der Waals surface area contributed by atoms with Crippen LogP contribution in [0, 0.1) is 5.92 Å². The Labute approximate surface area is 165 Å². The van der Waals surface area contributed by atoms with E-state index in [9.17, 15) is 14.7 Å². The number of amides is 2. The third-order valence-corrected chi connectivity index (χ3v) is 5.93. The molecule has 1 saturated carbocycles. The van der Waals surface area contributed by atoms with E-state index in [2.05, 4.69) is 41.7 Å². The number of aliphatic hydroxyl groups is 1. The van der Waals surface area contributed by atoms with E-state index in [1.165, 1.54) is 6.92 Å². The number of likely N-dealkylation sites (tertiary alicyclic amines) is 1. The minimum atomic E-state index is -0.247. The van der Waals surface area contributed by atoms with Gasteiger partial charge in [-0.1, -0.05) is 54.6 Å². The Kier molecular flexibility index (Phi) is 5.18. The van der Waals surface area contributed by atoms with Gasteiger partial charge in [-0.15, -0.1) is 0 Å². The van der Waals surface area contributed by atoms with Crippen LogP contribution in [-0.4, -0.2) is 47.1 Å². The number of rotatable bonds is 6. The van der Waals surface area contributed by atoms with Gasteiger partial charge in [0.25, 0.3) is 0 Å². The molecule has 2 aliphatic rings. The van der Waals surface area contributed by atoms with Crippen molar-refractivity contribution in [2.24, 2.45) is 5.92 Å². The molecule has 2 N–H and O–H groups in total. The number of carbonyl (C=O) groups excluding carboxylic acids is 2. The van der Waals surface area contributed by atoms with E-state index in [1.54, 1.807) is 4.90 Å². The molecule has 1 saturated heterocycles. The third-order valence-electron chi connectivity index (χ3n) is 5.93. The molecule has 4 rings (SSSR count). The molecule has 0 radical (unpaired) electrons. The molecule has 2 aromatic rings. The summed E-state index contributed by atoms with van der Waals surface area (Å²) in [5, 5.41) is 12.9. The number of nitrogens with zero attached hydrogens (tertiary/aromatic N) is 1. The fourth-order valence-corrected chi connectivity index (χ4v) is 4.31. The third kappa shape index (κ3) is 3.54. The van der Waals surface area contributed by atoms with Gasteiger partial charge >= 0.3 is 0 Å². The van der Waals surface area contributed by atoms with Crippen LogP contribution < -0.4 is 5.32 Å². The molecular formula is C23H26N2O3. The van der Waals surface area contributed by atoms with Crippen LogP contribution in [-0.2, 0) is 9.59 Å². The van der Waals surface area contributed by atoms with Crippen molar-refractivity contribution in [3.05, 3.63) is 60.2 Å². The van der Waals surface area contributed by atoms with Gasteiger partial charge in [0, 0.05) is 25.3 Å². The van der Waals surface area contributed by atoms with Gasteiger partial charge in [-0.3, -0.25) is 9.59 Å². The Morgan fingerprint density at radius 3 is 2.21 bits per heavy atom. The van der Waals surface area contributed by atoms with Crippen molar-refractivity contribution >= 4 is 11.8 Å². The van der Waals surface area contributed by atoms with E-state index in [0.717, 1.165) is 29.5 Å². The average molecular weight is 378 g/mol. The van der Waals surface area contributed by atoms with Crippen LogP contribution in [0.5, 0.6) is 0 Å². The lowest BCUT2D eigenvalue weighted by Crippen LogP contribution is -2.68. The second-order valence-electron chi connectivity index (χ2n) is 7.78. The molecule has 1 aliphatic carbocycles. The van der Waals surface area contributed by atoms with Gasteiger partial charge in [-0.25, -0.2) is 0 Å². The van der Waals surface area contributed by atoms with Crippen molar-refractivity contribution in [2.45, 2.75) is 37.8 Å². The van der Waals surface area contributed by atoms with Crippen molar-refractivity contribution in [2.75, 3.05) is 13.2 Å². The topological polar surface area (TPSA) is 69.6 Å². The second kappa shape index (κ2) is 7.76. The normalized spacial score (nSPS) is 23.8. The van der Waals surface area contributed by atoms with Gasteiger partial charge in [0.05, 0.1) is 18.7 Å². The van der Waals surface area contributed by atoms with Gasteiger partial charge in [-0.05, 0) is 29.5 Å². The summed E-state index contributed by atoms with van der Waals surface area (Å²) in [6.07, 6.45) is 1.91. The summed E-state index contributed by atoms with van der Waals surface area (Å²) in [5.74, 6) is 0.164. The monoisotopic (exact) mass is 378 g/mol. The summed E-state index contributed by atoms with van der Waals surface area (Å²) in [6.45, 7) is 1.86. The standard InChI is InChI=1S/C23H26N2O3/c1-15(27)25-20(13-24-23(28)19-11-12-19)22(21(25)14-26)18-9-7-17(8-10-18)16-5-3-2-4-6-16/h2-10,19-22,26H,11-14H2,1H3,(H,24,28)/t20-,21+,22-/m0/s1. The van der Waals surface area contributed by atoms with E-state index in [-0.39, 0.29) is 42.3 Å². The molecule has 2 fully saturated rings. The molecule has 28 heavy (non-hydrogen) atoms. The number of hydrogen-bond donors (Lipinski definition) is 2. The lowest BCUT2D eigenvalue weighted by Gasteiger charge is -2.54. The van der Waals surface area contributed by atoms with E-state index in [0.29, 0.717) is 6.54 Å². The smallest absolute Gasteiger partial charge is 0.223 e. The Bertz CT molecular complexity index is 846. The van der Waals surface area contributed by atoms with Crippen molar-refractivity contribution in [3.63, 3.8) is 0 Å². The second-order valence-corrected chi connectivity index (χ2v) is 7.78. The number of benzene rings is 2. The summed E-state index contributed by atoms with van der Waals surface area (Å²) in [6, 6.07) is 18.1. The maximum Gasteiger partial charge on any atom is 0.223 e. The SMILES string of the molecule is CC(=O)N1[C@H](CO)[C@@H](c2ccc(-c3ccccc3)cc2)[C@@H]1CNC(=O)C1CC1. The lowest BCUT2D eigenvalue weighted by atomic mass is 9.74. The molecule has 5 nitrogen and oxygen atoms in total. The van der Waals surface area contributed by atoms with Gasteiger partial charge in [0.1, 0.15) is 0 Å². The Hall–Kier alpha value is -2.66. The quantitative estimate of drug-likeness (QED) is 0.812. The zero-order valence-corrected chi connectivity index (χ0v) is 16.0. The molecule has 3 atom stereocenters. The van der Waals surface area contributed by atoms with Crippen LogP contribution in [0.25, 0.3) is 11.1 Å². The number of hydrogen-bond acceptors (Lipinski definition) is 3. The van der Waals surface area contributed by atoms with Crippen LogP contribution in [0.15, 0.2) is 54.6 Å². The highest BCUT2D eigenvalue weighted by Gasteiger charge is 2.50. The Morgan fingerprint density at radius 1 is 1.00 bits per heavy atom. The molecule has 1 aliphatic heterocycles. The van der Waals surface area contributed by atoms with Gasteiger partial charge in [0.2, 0.25) is 11.8 Å². The first kappa shape index (κ1) is 18.7. The number of aliphatic hydroxyl groups excluding tert-OH is 1. The molecule has 5 heteroatoms. The summed E-state index contributed by atoms with van der Waals surface area (Å²) in [5.41, 5.74) is 3.37.